The van der Waals surface area contributed by atoms with Crippen LogP contribution >= 0.6 is 12.2 Å². The van der Waals surface area contributed by atoms with E-state index in [0.29, 0.717) is 18.8 Å². The number of piperidine rings is 1. The third-order valence-corrected chi connectivity index (χ3v) is 8.34. The van der Waals surface area contributed by atoms with Gasteiger partial charge in [-0.25, -0.2) is 9.78 Å². The summed E-state index contributed by atoms with van der Waals surface area (Å²) in [5.74, 6) is 0.763. The lowest BCUT2D eigenvalue weighted by molar-refractivity contribution is 0.343. The Morgan fingerprint density at radius 1 is 1.02 bits per heavy atom. The van der Waals surface area contributed by atoms with E-state index in [4.69, 9.17) is 21.7 Å². The van der Waals surface area contributed by atoms with E-state index < -0.39 is 5.76 Å². The van der Waals surface area contributed by atoms with Gasteiger partial charge in [0.1, 0.15) is 5.82 Å². The van der Waals surface area contributed by atoms with Crippen LogP contribution in [-0.2, 0) is 19.4 Å². The van der Waals surface area contributed by atoms with E-state index in [1.54, 1.807) is 0 Å². The molecule has 1 saturated heterocycles. The van der Waals surface area contributed by atoms with Crippen molar-refractivity contribution >= 4 is 17.2 Å². The second kappa shape index (κ2) is 13.4. The van der Waals surface area contributed by atoms with Crippen LogP contribution in [0.15, 0.2) is 62.6 Å². The molecule has 2 aromatic carbocycles. The molecule has 1 fully saturated rings. The summed E-state index contributed by atoms with van der Waals surface area (Å²) in [5, 5.41) is 3.87. The van der Waals surface area contributed by atoms with E-state index in [0.717, 1.165) is 89.5 Å². The highest BCUT2D eigenvalue weighted by atomic mass is 32.1. The number of nitrogens with zero attached hydrogens (tertiary/aromatic N) is 4. The van der Waals surface area contributed by atoms with Crippen molar-refractivity contribution in [1.82, 2.24) is 24.6 Å². The van der Waals surface area contributed by atoms with Gasteiger partial charge in [0.05, 0.1) is 17.2 Å². The molecule has 5 rings (SSSR count). The number of nitrogens with one attached hydrogen (secondary N) is 1. The van der Waals surface area contributed by atoms with Crippen molar-refractivity contribution in [3.63, 3.8) is 0 Å². The van der Waals surface area contributed by atoms with Gasteiger partial charge in [-0.3, -0.25) is 18.9 Å². The maximum absolute atomic E-state index is 14.2. The van der Waals surface area contributed by atoms with Gasteiger partial charge >= 0.3 is 5.76 Å². The molecule has 42 heavy (non-hydrogen) atoms. The Kier molecular flexibility index (Phi) is 9.47. The highest BCUT2D eigenvalue weighted by molar-refractivity contribution is 7.80. The number of aromatic amines is 1. The average molecular weight is 586 g/mol. The molecule has 0 unspecified atom stereocenters. The Hall–Kier alpha value is -3.85. The lowest BCUT2D eigenvalue weighted by Crippen LogP contribution is -2.38. The molecule has 4 aromatic rings. The van der Waals surface area contributed by atoms with E-state index in [2.05, 4.69) is 35.8 Å². The van der Waals surface area contributed by atoms with E-state index >= 15 is 0 Å². The van der Waals surface area contributed by atoms with Gasteiger partial charge in [0.25, 0.3) is 5.56 Å². The highest BCUT2D eigenvalue weighted by Gasteiger charge is 2.22. The quantitative estimate of drug-likeness (QED) is 0.224. The molecule has 220 valence electrons. The maximum atomic E-state index is 14.2. The van der Waals surface area contributed by atoms with Crippen LogP contribution in [0.1, 0.15) is 81.4 Å². The van der Waals surface area contributed by atoms with Crippen LogP contribution in [-0.4, -0.2) is 42.7 Å². The first-order valence-electron chi connectivity index (χ1n) is 15.0. The van der Waals surface area contributed by atoms with E-state index in [-0.39, 0.29) is 11.5 Å². The zero-order valence-corrected chi connectivity index (χ0v) is 25.5. The largest absolute Gasteiger partial charge is 0.439 e. The number of aromatic nitrogens is 4. The molecule has 9 heteroatoms. The number of benzene rings is 2. The second-order valence-electron chi connectivity index (χ2n) is 11.3. The SMILES string of the molecule is CCCCc1nc(C(C)C)c(CC(=S)N2CCCCC2)c(=O)n1Cc1ccc(-c2ccccc2-c2noc(=O)[nH]2)cc1. The number of thiocarbonyl (C=S) groups is 1. The number of rotatable bonds is 10. The molecule has 1 N–H and O–H groups in total. The van der Waals surface area contributed by atoms with Crippen molar-refractivity contribution in [2.24, 2.45) is 0 Å². The number of hydrogen-bond acceptors (Lipinski definition) is 6. The van der Waals surface area contributed by atoms with Crippen LogP contribution < -0.4 is 11.3 Å². The minimum absolute atomic E-state index is 0.0172. The Morgan fingerprint density at radius 2 is 1.74 bits per heavy atom. The normalized spacial score (nSPS) is 13.6. The second-order valence-corrected chi connectivity index (χ2v) is 11.8. The molecule has 0 saturated carbocycles. The standard InChI is InChI=1S/C33H39N5O3S/c1-4-5-13-28-34-30(22(2)3)27(20-29(42)37-18-9-6-10-19-37)32(39)38(28)21-23-14-16-24(17-15-23)25-11-7-8-12-26(25)31-35-33(40)41-36-31/h7-8,11-12,14-17,22H,4-6,9-10,13,18-21H2,1-3H3,(H,35,36,40). The van der Waals surface area contributed by atoms with Crippen LogP contribution in [0.5, 0.6) is 0 Å². The average Bonchev–Trinajstić information content (AvgIpc) is 3.45. The first-order chi connectivity index (χ1) is 20.4. The van der Waals surface area contributed by atoms with Gasteiger partial charge < -0.3 is 4.90 Å². The molecule has 0 aliphatic carbocycles. The van der Waals surface area contributed by atoms with Crippen LogP contribution in [0.25, 0.3) is 22.5 Å². The number of hydrogen-bond donors (Lipinski definition) is 1. The molecular weight excluding hydrogens is 546 g/mol. The summed E-state index contributed by atoms with van der Waals surface area (Å²) >= 11 is 5.87. The van der Waals surface area contributed by atoms with Crippen molar-refractivity contribution in [2.75, 3.05) is 13.1 Å². The number of likely N-dealkylation sites (tertiary alicyclic amines) is 1. The molecule has 0 bridgehead atoms. The van der Waals surface area contributed by atoms with Crippen molar-refractivity contribution in [3.8, 4) is 22.5 Å². The third-order valence-electron chi connectivity index (χ3n) is 7.94. The zero-order chi connectivity index (χ0) is 29.6. The lowest BCUT2D eigenvalue weighted by atomic mass is 9.98. The minimum Gasteiger partial charge on any atom is -0.366 e. The van der Waals surface area contributed by atoms with Crippen molar-refractivity contribution in [1.29, 1.82) is 0 Å². The molecule has 0 radical (unpaired) electrons. The molecule has 1 aliphatic heterocycles. The Labute approximate surface area is 251 Å². The number of unbranched alkanes of at least 4 members (excludes halogenated alkanes) is 1. The fourth-order valence-electron chi connectivity index (χ4n) is 5.65. The summed E-state index contributed by atoms with van der Waals surface area (Å²) in [5.41, 5.74) is 5.30. The molecule has 0 amide bonds. The summed E-state index contributed by atoms with van der Waals surface area (Å²) < 4.78 is 6.59. The van der Waals surface area contributed by atoms with Gasteiger partial charge in [0, 0.05) is 37.1 Å². The molecule has 2 aromatic heterocycles. The minimum atomic E-state index is -0.590. The van der Waals surface area contributed by atoms with E-state index in [1.807, 2.05) is 53.1 Å². The van der Waals surface area contributed by atoms with Crippen LogP contribution in [0.2, 0.25) is 0 Å². The smallest absolute Gasteiger partial charge is 0.366 e. The predicted molar refractivity (Wildman–Crippen MR) is 170 cm³/mol. The molecular formula is C33H39N5O3S. The van der Waals surface area contributed by atoms with Gasteiger partial charge in [-0.05, 0) is 48.3 Å². The summed E-state index contributed by atoms with van der Waals surface area (Å²) in [6, 6.07) is 15.9. The number of H-pyrrole nitrogens is 1. The summed E-state index contributed by atoms with van der Waals surface area (Å²) in [4.78, 5) is 36.6. The van der Waals surface area contributed by atoms with Crippen molar-refractivity contribution in [2.45, 2.75) is 78.2 Å². The molecule has 8 nitrogen and oxygen atoms in total. The summed E-state index contributed by atoms with van der Waals surface area (Å²) in [7, 11) is 0. The van der Waals surface area contributed by atoms with Gasteiger partial charge in [-0.15, -0.1) is 0 Å². The van der Waals surface area contributed by atoms with Gasteiger partial charge in [0.2, 0.25) is 0 Å². The fourth-order valence-corrected chi connectivity index (χ4v) is 5.98. The third kappa shape index (κ3) is 6.62. The Morgan fingerprint density at radius 3 is 2.38 bits per heavy atom. The van der Waals surface area contributed by atoms with E-state index in [9.17, 15) is 9.59 Å². The fraction of sp³-hybridized carbons (Fsp3) is 0.424. The Balaban J connectivity index is 1.48. The monoisotopic (exact) mass is 585 g/mol. The molecule has 1 aliphatic rings. The van der Waals surface area contributed by atoms with E-state index in [1.165, 1.54) is 6.42 Å². The van der Waals surface area contributed by atoms with Gasteiger partial charge in [-0.1, -0.05) is 93.1 Å². The van der Waals surface area contributed by atoms with Crippen molar-refractivity contribution < 1.29 is 4.52 Å². The summed E-state index contributed by atoms with van der Waals surface area (Å²) in [6.45, 7) is 8.74. The Bertz CT molecular complexity index is 1650. The molecule has 3 heterocycles. The van der Waals surface area contributed by atoms with Crippen LogP contribution in [0.4, 0.5) is 0 Å². The van der Waals surface area contributed by atoms with Crippen LogP contribution in [0, 0.1) is 0 Å². The van der Waals surface area contributed by atoms with Crippen LogP contribution in [0.3, 0.4) is 0 Å². The topological polar surface area (TPSA) is 97.0 Å². The first-order valence-corrected chi connectivity index (χ1v) is 15.4. The molecule has 0 atom stereocenters. The summed E-state index contributed by atoms with van der Waals surface area (Å²) in [6.07, 6.45) is 6.74. The maximum Gasteiger partial charge on any atom is 0.439 e. The highest BCUT2D eigenvalue weighted by Crippen LogP contribution is 2.30. The molecule has 0 spiro atoms. The predicted octanol–water partition coefficient (Wildman–Crippen LogP) is 6.12. The van der Waals surface area contributed by atoms with Gasteiger partial charge in [0.15, 0.2) is 5.82 Å². The number of aryl methyl sites for hydroxylation is 1. The lowest BCUT2D eigenvalue weighted by Gasteiger charge is -2.29. The zero-order valence-electron chi connectivity index (χ0n) is 24.7. The van der Waals surface area contributed by atoms with Crippen molar-refractivity contribution in [3.05, 3.63) is 92.1 Å². The first kappa shape index (κ1) is 29.6. The van der Waals surface area contributed by atoms with Gasteiger partial charge in [-0.2, -0.15) is 0 Å².